The summed E-state index contributed by atoms with van der Waals surface area (Å²) < 4.78 is 25.4. The predicted octanol–water partition coefficient (Wildman–Crippen LogP) is 1.07. The van der Waals surface area contributed by atoms with E-state index in [9.17, 15) is 19.1 Å². The van der Waals surface area contributed by atoms with Crippen LogP contribution in [-0.4, -0.2) is 18.5 Å². The van der Waals surface area contributed by atoms with E-state index in [-0.39, 0.29) is 74.6 Å². The monoisotopic (exact) mass is 579 g/mol. The molecule has 196 valence electrons. The van der Waals surface area contributed by atoms with Crippen LogP contribution in [-0.2, 0) is 4.79 Å². The van der Waals surface area contributed by atoms with E-state index >= 15 is 0 Å². The summed E-state index contributed by atoms with van der Waals surface area (Å²) in [6.45, 7) is 0.231. The molecule has 0 aromatic heterocycles. The molecule has 39 heavy (non-hydrogen) atoms. The number of rotatable bonds is 7. The molecule has 1 aliphatic rings. The molecule has 0 saturated carbocycles. The van der Waals surface area contributed by atoms with E-state index in [1.54, 1.807) is 12.1 Å². The number of nitrogens with one attached hydrogen (secondary N) is 1. The fourth-order valence-electron chi connectivity index (χ4n) is 3.75. The molecule has 1 amide bonds. The van der Waals surface area contributed by atoms with Gasteiger partial charge in [-0.25, -0.2) is 4.39 Å². The Labute approximate surface area is 255 Å². The van der Waals surface area contributed by atoms with Crippen LogP contribution in [0.4, 0.5) is 4.39 Å². The largest absolute Gasteiger partial charge is 1.00 e. The summed E-state index contributed by atoms with van der Waals surface area (Å²) in [5, 5.41) is 14.3. The third-order valence-electron chi connectivity index (χ3n) is 5.68. The number of halogens is 3. The molecule has 1 atom stereocenters. The number of carbonyl (C=O) groups excluding carboxylic acids is 2. The first-order valence-electron chi connectivity index (χ1n) is 11.3. The van der Waals surface area contributed by atoms with Crippen molar-refractivity contribution in [1.82, 2.24) is 5.32 Å². The Bertz CT molecular complexity index is 1460. The van der Waals surface area contributed by atoms with Crippen molar-refractivity contribution in [2.75, 3.05) is 6.61 Å². The summed E-state index contributed by atoms with van der Waals surface area (Å²) in [6, 6.07) is 13.2. The third kappa shape index (κ3) is 7.46. The molecule has 0 bridgehead atoms. The molecule has 1 aliphatic heterocycles. The van der Waals surface area contributed by atoms with Crippen molar-refractivity contribution in [2.24, 2.45) is 11.5 Å². The van der Waals surface area contributed by atoms with Gasteiger partial charge in [-0.1, -0.05) is 23.2 Å². The first-order chi connectivity index (χ1) is 18.1. The average molecular weight is 580 g/mol. The van der Waals surface area contributed by atoms with E-state index in [1.807, 2.05) is 0 Å². The molecule has 1 heterocycles. The fraction of sp³-hybridized carbons (Fsp3) is 0.111. The maximum absolute atomic E-state index is 14.0. The smallest absolute Gasteiger partial charge is 0.549 e. The first-order valence-corrected chi connectivity index (χ1v) is 12.0. The van der Waals surface area contributed by atoms with Gasteiger partial charge in [-0.15, -0.1) is 0 Å². The Morgan fingerprint density at radius 3 is 2.46 bits per heavy atom. The average Bonchev–Trinajstić information content (AvgIpc) is 2.87. The molecule has 0 fully saturated rings. The van der Waals surface area contributed by atoms with Crippen molar-refractivity contribution in [1.29, 1.82) is 0 Å². The standard InChI is InChI=1S/C27H22Cl2FN3O5.Na/c28-15-3-6-18(21(30)11-15)22(31)7-8-25(32)33-26(34)14-1-4-16(5-2-14)38-24-13-23-19(12-20(24)29)17(27(35)36)9-10-37-23;/h1-8,11-13,17H,9-10,31-32H2,(H,33,34)(H,35,36);/q;+1/p-1/b22-7-,25-8+;. The second-order valence-electron chi connectivity index (χ2n) is 8.28. The van der Waals surface area contributed by atoms with E-state index < -0.39 is 23.6 Å². The van der Waals surface area contributed by atoms with E-state index in [1.165, 1.54) is 48.6 Å². The second kappa shape index (κ2) is 13.2. The molecule has 0 spiro atoms. The summed E-state index contributed by atoms with van der Waals surface area (Å²) in [6.07, 6.45) is 2.99. The van der Waals surface area contributed by atoms with Crippen LogP contribution in [0.25, 0.3) is 5.70 Å². The van der Waals surface area contributed by atoms with E-state index in [0.717, 1.165) is 6.07 Å². The van der Waals surface area contributed by atoms with Gasteiger partial charge in [0.05, 0.1) is 11.6 Å². The van der Waals surface area contributed by atoms with Crippen molar-refractivity contribution in [3.05, 3.63) is 105 Å². The minimum Gasteiger partial charge on any atom is -0.549 e. The maximum Gasteiger partial charge on any atom is 1.00 e. The van der Waals surface area contributed by atoms with Gasteiger partial charge >= 0.3 is 29.6 Å². The van der Waals surface area contributed by atoms with Crippen LogP contribution in [0, 0.1) is 5.82 Å². The van der Waals surface area contributed by atoms with E-state index in [0.29, 0.717) is 23.5 Å². The molecule has 12 heteroatoms. The molecule has 4 rings (SSSR count). The van der Waals surface area contributed by atoms with Gasteiger partial charge in [-0.2, -0.15) is 0 Å². The second-order valence-corrected chi connectivity index (χ2v) is 9.12. The van der Waals surface area contributed by atoms with Gasteiger partial charge in [-0.3, -0.25) is 4.79 Å². The molecule has 8 nitrogen and oxygen atoms in total. The Balaban J connectivity index is 0.00000420. The zero-order valence-corrected chi connectivity index (χ0v) is 24.2. The summed E-state index contributed by atoms with van der Waals surface area (Å²) in [5.41, 5.74) is 12.7. The minimum absolute atomic E-state index is 0. The van der Waals surface area contributed by atoms with Crippen LogP contribution in [0.15, 0.2) is 72.6 Å². The van der Waals surface area contributed by atoms with Gasteiger partial charge in [-0.05, 0) is 67.1 Å². The molecule has 0 aliphatic carbocycles. The number of allylic oxidation sites excluding steroid dienone is 2. The number of hydrogen-bond donors (Lipinski definition) is 3. The predicted molar refractivity (Wildman–Crippen MR) is 139 cm³/mol. The minimum atomic E-state index is -1.20. The summed E-state index contributed by atoms with van der Waals surface area (Å²) in [4.78, 5) is 23.9. The number of carboxylic acids is 1. The Morgan fingerprint density at radius 1 is 1.08 bits per heavy atom. The van der Waals surface area contributed by atoms with Gasteiger partial charge in [0.15, 0.2) is 0 Å². The first kappa shape index (κ1) is 30.3. The van der Waals surface area contributed by atoms with Crippen LogP contribution in [0.5, 0.6) is 17.2 Å². The van der Waals surface area contributed by atoms with Gasteiger partial charge in [0.1, 0.15) is 28.9 Å². The number of benzene rings is 3. The van der Waals surface area contributed by atoms with Crippen LogP contribution in [0.2, 0.25) is 10.0 Å². The van der Waals surface area contributed by atoms with Crippen molar-refractivity contribution < 1.29 is 58.1 Å². The van der Waals surface area contributed by atoms with Crippen molar-refractivity contribution in [3.8, 4) is 17.2 Å². The van der Waals surface area contributed by atoms with Gasteiger partial charge in [0, 0.05) is 45.4 Å². The van der Waals surface area contributed by atoms with Crippen LogP contribution in [0.1, 0.15) is 33.8 Å². The molecule has 3 aromatic rings. The molecule has 1 unspecified atom stereocenters. The number of aliphatic carboxylic acids is 1. The number of carbonyl (C=O) groups is 2. The van der Waals surface area contributed by atoms with Crippen molar-refractivity contribution in [3.63, 3.8) is 0 Å². The number of nitrogens with two attached hydrogens (primary N) is 2. The van der Waals surface area contributed by atoms with Crippen LogP contribution < -0.4 is 60.9 Å². The molecule has 5 N–H and O–H groups in total. The molecule has 0 radical (unpaired) electrons. The number of hydrogen-bond acceptors (Lipinski definition) is 7. The Kier molecular flexibility index (Phi) is 10.3. The van der Waals surface area contributed by atoms with Crippen LogP contribution >= 0.6 is 23.2 Å². The topological polar surface area (TPSA) is 140 Å². The summed E-state index contributed by atoms with van der Waals surface area (Å²) in [5.74, 6) is -2.11. The van der Waals surface area contributed by atoms with Crippen LogP contribution in [0.3, 0.4) is 0 Å². The summed E-state index contributed by atoms with van der Waals surface area (Å²) in [7, 11) is 0. The van der Waals surface area contributed by atoms with Crippen molar-refractivity contribution >= 4 is 40.8 Å². The quantitative estimate of drug-likeness (QED) is 0.281. The number of carboxylic acid groups (broad SMARTS) is 1. The van der Waals surface area contributed by atoms with Gasteiger partial charge in [0.2, 0.25) is 0 Å². The zero-order valence-electron chi connectivity index (χ0n) is 20.7. The molecule has 0 saturated heterocycles. The molecule has 3 aromatic carbocycles. The van der Waals surface area contributed by atoms with Gasteiger partial charge in [0.25, 0.3) is 5.91 Å². The Morgan fingerprint density at radius 2 is 1.79 bits per heavy atom. The fourth-order valence-corrected chi connectivity index (χ4v) is 4.12. The number of ether oxygens (including phenoxy) is 2. The van der Waals surface area contributed by atoms with Gasteiger partial charge < -0.3 is 36.2 Å². The zero-order chi connectivity index (χ0) is 27.4. The normalized spacial score (nSPS) is 14.9. The molecular formula is C27H21Cl2FN3NaO5. The van der Waals surface area contributed by atoms with E-state index in [4.69, 9.17) is 44.1 Å². The SMILES string of the molecule is N/C(=C\C=C(/N)NC(=O)c1ccc(Oc2cc3c(cc2Cl)C(C(=O)[O-])CCO3)cc1)c1ccc(Cl)cc1F.[Na+]. The molecular weight excluding hydrogens is 559 g/mol. The van der Waals surface area contributed by atoms with Crippen molar-refractivity contribution in [2.45, 2.75) is 12.3 Å². The third-order valence-corrected chi connectivity index (χ3v) is 6.21. The number of fused-ring (bicyclic) bond motifs is 1. The summed E-state index contributed by atoms with van der Waals surface area (Å²) >= 11 is 12.1. The Hall–Kier alpha value is -3.21. The number of amides is 1. The van der Waals surface area contributed by atoms with E-state index in [2.05, 4.69) is 5.32 Å². The maximum atomic E-state index is 14.0.